The van der Waals surface area contributed by atoms with Crippen LogP contribution in [0, 0.1) is 5.41 Å². The summed E-state index contributed by atoms with van der Waals surface area (Å²) >= 11 is 0. The largest absolute Gasteiger partial charge is 0.349 e. The van der Waals surface area contributed by atoms with Crippen molar-refractivity contribution < 1.29 is 13.2 Å². The van der Waals surface area contributed by atoms with Crippen LogP contribution in [0.4, 0.5) is 5.69 Å². The fourth-order valence-electron chi connectivity index (χ4n) is 3.19. The smallest absolute Gasteiger partial charge is 0.244 e. The average Bonchev–Trinajstić information content (AvgIpc) is 2.34. The lowest BCUT2D eigenvalue weighted by Gasteiger charge is -2.36. The number of carbonyl (C=O) groups is 1. The highest BCUT2D eigenvalue weighted by molar-refractivity contribution is 7.92. The van der Waals surface area contributed by atoms with Crippen molar-refractivity contribution in [3.8, 4) is 0 Å². The lowest BCUT2D eigenvalue weighted by atomic mass is 9.81. The second-order valence-electron chi connectivity index (χ2n) is 8.18. The highest BCUT2D eigenvalue weighted by Gasteiger charge is 2.33. The number of para-hydroxylation sites is 1. The number of hydrogen-bond donors (Lipinski definition) is 1. The summed E-state index contributed by atoms with van der Waals surface area (Å²) in [7, 11) is -3.58. The van der Waals surface area contributed by atoms with Gasteiger partial charge in [0.1, 0.15) is 6.04 Å². The summed E-state index contributed by atoms with van der Waals surface area (Å²) in [4.78, 5) is 12.7. The van der Waals surface area contributed by atoms with Gasteiger partial charge in [0.05, 0.1) is 11.9 Å². The van der Waals surface area contributed by atoms with Gasteiger partial charge < -0.3 is 5.32 Å². The molecule has 1 rings (SSSR count). The molecule has 1 aromatic rings. The van der Waals surface area contributed by atoms with Crippen molar-refractivity contribution in [2.75, 3.05) is 10.6 Å². The molecule has 0 unspecified atom stereocenters. The summed E-state index contributed by atoms with van der Waals surface area (Å²) < 4.78 is 25.6. The Hall–Kier alpha value is -1.56. The first kappa shape index (κ1) is 20.5. The van der Waals surface area contributed by atoms with E-state index in [1.54, 1.807) is 37.3 Å². The third-order valence-electron chi connectivity index (χ3n) is 3.53. The molecule has 0 saturated heterocycles. The topological polar surface area (TPSA) is 66.5 Å². The minimum atomic E-state index is -3.58. The molecule has 136 valence electrons. The highest BCUT2D eigenvalue weighted by atomic mass is 32.2. The van der Waals surface area contributed by atoms with Gasteiger partial charge in [-0.1, -0.05) is 39.0 Å². The van der Waals surface area contributed by atoms with Crippen LogP contribution in [0.5, 0.6) is 0 Å². The Kier molecular flexibility index (Phi) is 6.09. The Bertz CT molecular complexity index is 661. The Morgan fingerprint density at radius 1 is 1.12 bits per heavy atom. The fourth-order valence-corrected chi connectivity index (χ4v) is 4.37. The van der Waals surface area contributed by atoms with Crippen molar-refractivity contribution in [1.82, 2.24) is 5.32 Å². The number of amides is 1. The number of hydrogen-bond acceptors (Lipinski definition) is 3. The number of rotatable bonds is 6. The summed E-state index contributed by atoms with van der Waals surface area (Å²) in [5.74, 6) is -0.307. The maximum absolute atomic E-state index is 12.7. The number of nitrogens with zero attached hydrogens (tertiary/aromatic N) is 1. The van der Waals surface area contributed by atoms with E-state index in [0.29, 0.717) is 5.69 Å². The van der Waals surface area contributed by atoms with Crippen molar-refractivity contribution >= 4 is 21.6 Å². The van der Waals surface area contributed by atoms with E-state index < -0.39 is 21.6 Å². The molecule has 1 N–H and O–H groups in total. The molecule has 0 bridgehead atoms. The molecule has 0 saturated carbocycles. The van der Waals surface area contributed by atoms with Crippen molar-refractivity contribution in [3.05, 3.63) is 30.3 Å². The van der Waals surface area contributed by atoms with Crippen LogP contribution in [0.25, 0.3) is 0 Å². The van der Waals surface area contributed by atoms with Gasteiger partial charge in [-0.2, -0.15) is 0 Å². The van der Waals surface area contributed by atoms with E-state index in [-0.39, 0.29) is 11.3 Å². The van der Waals surface area contributed by atoms with E-state index in [9.17, 15) is 13.2 Å². The third kappa shape index (κ3) is 6.15. The molecule has 0 heterocycles. The third-order valence-corrected chi connectivity index (χ3v) is 4.77. The van der Waals surface area contributed by atoms with E-state index in [1.165, 1.54) is 0 Å². The predicted octanol–water partition coefficient (Wildman–Crippen LogP) is 3.17. The summed E-state index contributed by atoms with van der Waals surface area (Å²) in [6.07, 6.45) is 1.90. The first-order valence-corrected chi connectivity index (χ1v) is 9.94. The van der Waals surface area contributed by atoms with Gasteiger partial charge in [0.25, 0.3) is 0 Å². The molecule has 0 radical (unpaired) electrons. The number of nitrogens with one attached hydrogen (secondary N) is 1. The molecule has 0 spiro atoms. The second kappa shape index (κ2) is 7.13. The molecule has 0 fully saturated rings. The van der Waals surface area contributed by atoms with E-state index in [0.717, 1.165) is 17.0 Å². The Morgan fingerprint density at radius 3 is 2.04 bits per heavy atom. The molecule has 0 aliphatic rings. The molecule has 24 heavy (non-hydrogen) atoms. The van der Waals surface area contributed by atoms with Crippen molar-refractivity contribution in [2.45, 2.75) is 59.5 Å². The zero-order chi connectivity index (χ0) is 18.8. The Morgan fingerprint density at radius 2 is 1.62 bits per heavy atom. The minimum absolute atomic E-state index is 0.0516. The quantitative estimate of drug-likeness (QED) is 0.853. The average molecular weight is 355 g/mol. The summed E-state index contributed by atoms with van der Waals surface area (Å²) in [5.41, 5.74) is 0.107. The number of sulfonamides is 1. The van der Waals surface area contributed by atoms with Crippen LogP contribution >= 0.6 is 0 Å². The van der Waals surface area contributed by atoms with Crippen molar-refractivity contribution in [3.63, 3.8) is 0 Å². The van der Waals surface area contributed by atoms with Gasteiger partial charge in [-0.15, -0.1) is 0 Å². The van der Waals surface area contributed by atoms with E-state index in [2.05, 4.69) is 26.1 Å². The van der Waals surface area contributed by atoms with Gasteiger partial charge in [0, 0.05) is 5.54 Å². The van der Waals surface area contributed by atoms with Crippen LogP contribution in [-0.4, -0.2) is 32.2 Å². The summed E-state index contributed by atoms with van der Waals surface area (Å²) in [6, 6.07) is 7.85. The molecule has 1 amide bonds. The van der Waals surface area contributed by atoms with E-state index in [4.69, 9.17) is 0 Å². The first-order chi connectivity index (χ1) is 10.7. The van der Waals surface area contributed by atoms with Gasteiger partial charge >= 0.3 is 0 Å². The number of carbonyl (C=O) groups excluding carboxylic acids is 1. The maximum Gasteiger partial charge on any atom is 0.244 e. The Balaban J connectivity index is 3.04. The molecule has 1 aromatic carbocycles. The molecule has 0 aromatic heterocycles. The van der Waals surface area contributed by atoms with Crippen molar-refractivity contribution in [1.29, 1.82) is 0 Å². The van der Waals surface area contributed by atoms with Crippen LogP contribution in [0.1, 0.15) is 48.0 Å². The zero-order valence-electron chi connectivity index (χ0n) is 15.8. The van der Waals surface area contributed by atoms with Gasteiger partial charge in [-0.25, -0.2) is 8.42 Å². The SMILES string of the molecule is C[C@H](C(=O)NC(C)(C)CC(C)(C)C)N(c1ccccc1)S(C)(=O)=O. The minimum Gasteiger partial charge on any atom is -0.349 e. The molecule has 6 heteroatoms. The molecular weight excluding hydrogens is 324 g/mol. The Labute approximate surface area is 146 Å². The first-order valence-electron chi connectivity index (χ1n) is 8.09. The monoisotopic (exact) mass is 354 g/mol. The van der Waals surface area contributed by atoms with Gasteiger partial charge in [-0.05, 0) is 44.7 Å². The molecule has 5 nitrogen and oxygen atoms in total. The standard InChI is InChI=1S/C18H30N2O3S/c1-14(16(21)19-18(5,6)13-17(2,3)4)20(24(7,22)23)15-11-9-8-10-12-15/h8-12,14H,13H2,1-7H3,(H,19,21)/t14-/m1/s1. The van der Waals surface area contributed by atoms with Crippen molar-refractivity contribution in [2.24, 2.45) is 5.41 Å². The number of anilines is 1. The van der Waals surface area contributed by atoms with Crippen LogP contribution in [0.3, 0.4) is 0 Å². The van der Waals surface area contributed by atoms with E-state index in [1.807, 2.05) is 13.8 Å². The van der Waals surface area contributed by atoms with Crippen LogP contribution < -0.4 is 9.62 Å². The zero-order valence-corrected chi connectivity index (χ0v) is 16.6. The van der Waals surface area contributed by atoms with Gasteiger partial charge in [0.15, 0.2) is 0 Å². The van der Waals surface area contributed by atoms with Crippen LogP contribution in [-0.2, 0) is 14.8 Å². The maximum atomic E-state index is 12.7. The fraction of sp³-hybridized carbons (Fsp3) is 0.611. The predicted molar refractivity (Wildman–Crippen MR) is 99.5 cm³/mol. The van der Waals surface area contributed by atoms with Crippen LogP contribution in [0.2, 0.25) is 0 Å². The van der Waals surface area contributed by atoms with Crippen LogP contribution in [0.15, 0.2) is 30.3 Å². The lowest BCUT2D eigenvalue weighted by molar-refractivity contribution is -0.123. The summed E-state index contributed by atoms with van der Waals surface area (Å²) in [6.45, 7) is 11.8. The normalized spacial score (nSPS) is 14.1. The van der Waals surface area contributed by atoms with Gasteiger partial charge in [-0.3, -0.25) is 9.10 Å². The molecule has 0 aliphatic heterocycles. The lowest BCUT2D eigenvalue weighted by Crippen LogP contribution is -2.54. The second-order valence-corrected chi connectivity index (χ2v) is 10.0. The van der Waals surface area contributed by atoms with Gasteiger partial charge in [0.2, 0.25) is 15.9 Å². The molecular formula is C18H30N2O3S. The number of benzene rings is 1. The highest BCUT2D eigenvalue weighted by Crippen LogP contribution is 2.27. The summed E-state index contributed by atoms with van der Waals surface area (Å²) in [5, 5.41) is 2.99. The van der Waals surface area contributed by atoms with E-state index >= 15 is 0 Å². The molecule has 1 atom stereocenters. The molecule has 0 aliphatic carbocycles.